The van der Waals surface area contributed by atoms with Crippen LogP contribution < -0.4 is 16.4 Å². The Morgan fingerprint density at radius 1 is 0.969 bits per heavy atom. The number of nitrogens with zero attached hydrogens (tertiary/aromatic N) is 3. The van der Waals surface area contributed by atoms with E-state index in [9.17, 15) is 14.4 Å². The van der Waals surface area contributed by atoms with Crippen molar-refractivity contribution in [3.05, 3.63) is 49.5 Å². The number of thiazole rings is 2. The summed E-state index contributed by atoms with van der Waals surface area (Å²) in [5.74, 6) is -1.35. The molecule has 0 spiro atoms. The minimum absolute atomic E-state index is 0.0676. The molecule has 0 aromatic carbocycles. The molecule has 0 aliphatic rings. The second-order valence-corrected chi connectivity index (χ2v) is 8.86. The fourth-order valence-corrected chi connectivity index (χ4v) is 4.26. The molecule has 0 unspecified atom stereocenters. The highest BCUT2D eigenvalue weighted by molar-refractivity contribution is 7.10. The summed E-state index contributed by atoms with van der Waals surface area (Å²) in [5.41, 5.74) is 6.01. The van der Waals surface area contributed by atoms with Gasteiger partial charge in [0.05, 0.1) is 18.1 Å². The van der Waals surface area contributed by atoms with Crippen molar-refractivity contribution >= 4 is 40.5 Å². The first-order valence-electron chi connectivity index (χ1n) is 9.55. The molecule has 2 amide bonds. The molecule has 3 rings (SSSR count). The minimum Gasteiger partial charge on any atom is -0.476 e. The van der Waals surface area contributed by atoms with E-state index in [2.05, 4.69) is 25.6 Å². The molecule has 170 valence electrons. The maximum atomic E-state index is 12.6. The van der Waals surface area contributed by atoms with Crippen LogP contribution in [0.5, 0.6) is 0 Å². The summed E-state index contributed by atoms with van der Waals surface area (Å²) in [5, 5.41) is 18.5. The number of carbonyl (C=O) groups is 3. The van der Waals surface area contributed by atoms with Gasteiger partial charge in [0.2, 0.25) is 5.89 Å². The van der Waals surface area contributed by atoms with E-state index in [-0.39, 0.29) is 23.0 Å². The lowest BCUT2D eigenvalue weighted by Crippen LogP contribution is -2.28. The number of oxazole rings is 1. The molecular weight excluding hydrogens is 456 g/mol. The molecule has 3 atom stereocenters. The molecule has 0 aliphatic heterocycles. The van der Waals surface area contributed by atoms with Gasteiger partial charge in [-0.25, -0.2) is 19.7 Å². The predicted octanol–water partition coefficient (Wildman–Crippen LogP) is 2.60. The Bertz CT molecular complexity index is 1150. The Labute approximate surface area is 191 Å². The summed E-state index contributed by atoms with van der Waals surface area (Å²) in [6.07, 6.45) is 0. The Morgan fingerprint density at radius 2 is 1.50 bits per heavy atom. The smallest absolute Gasteiger partial charge is 0.355 e. The fraction of sp³-hybridized carbons (Fsp3) is 0.368. The third-order valence-corrected chi connectivity index (χ3v) is 6.40. The summed E-state index contributed by atoms with van der Waals surface area (Å²) in [7, 11) is 0. The van der Waals surface area contributed by atoms with E-state index in [0.29, 0.717) is 15.8 Å². The highest BCUT2D eigenvalue weighted by atomic mass is 32.1. The molecule has 5 N–H and O–H groups in total. The van der Waals surface area contributed by atoms with Crippen molar-refractivity contribution in [2.24, 2.45) is 5.73 Å². The first-order chi connectivity index (χ1) is 15.1. The van der Waals surface area contributed by atoms with Crippen molar-refractivity contribution in [2.45, 2.75) is 45.8 Å². The van der Waals surface area contributed by atoms with Gasteiger partial charge in [0.1, 0.15) is 21.5 Å². The number of hydrogen-bond donors (Lipinski definition) is 4. The standard InChI is InChI=1S/C19H22N6O5S2/c1-7(20)16-25-13(10(4)30-16)15(27)22-9(3)17-23-11(5-31-17)14(26)21-8(2)18-24-12(6-32-18)19(28)29/h5-9H,20H2,1-4H3,(H,21,26)(H,22,27)(H,28,29)/t7-,8+,9+/m1/s1. The van der Waals surface area contributed by atoms with E-state index in [1.807, 2.05) is 0 Å². The number of nitrogens with two attached hydrogens (primary N) is 1. The number of aromatic nitrogens is 3. The second-order valence-electron chi connectivity index (χ2n) is 7.08. The van der Waals surface area contributed by atoms with Gasteiger partial charge in [-0.05, 0) is 27.7 Å². The van der Waals surface area contributed by atoms with Crippen LogP contribution in [-0.4, -0.2) is 37.8 Å². The number of carbonyl (C=O) groups excluding carboxylic acids is 2. The van der Waals surface area contributed by atoms with Gasteiger partial charge in [-0.2, -0.15) is 0 Å². The van der Waals surface area contributed by atoms with Gasteiger partial charge < -0.3 is 25.9 Å². The van der Waals surface area contributed by atoms with Gasteiger partial charge >= 0.3 is 5.97 Å². The Kier molecular flexibility index (Phi) is 7.01. The zero-order valence-electron chi connectivity index (χ0n) is 17.7. The molecule has 3 heterocycles. The zero-order valence-corrected chi connectivity index (χ0v) is 19.3. The van der Waals surface area contributed by atoms with Crippen molar-refractivity contribution in [1.82, 2.24) is 25.6 Å². The van der Waals surface area contributed by atoms with Crippen molar-refractivity contribution in [3.8, 4) is 0 Å². The Balaban J connectivity index is 1.63. The number of nitrogens with one attached hydrogen (secondary N) is 2. The Morgan fingerprint density at radius 3 is 2.00 bits per heavy atom. The van der Waals surface area contributed by atoms with Crippen LogP contribution in [0.15, 0.2) is 15.2 Å². The molecule has 0 saturated heterocycles. The topological polar surface area (TPSA) is 173 Å². The van der Waals surface area contributed by atoms with Gasteiger partial charge in [0.15, 0.2) is 11.4 Å². The lowest BCUT2D eigenvalue weighted by molar-refractivity contribution is 0.0690. The van der Waals surface area contributed by atoms with E-state index in [0.717, 1.165) is 11.3 Å². The van der Waals surface area contributed by atoms with Gasteiger partial charge in [-0.15, -0.1) is 22.7 Å². The first kappa shape index (κ1) is 23.5. The minimum atomic E-state index is -1.12. The number of hydrogen-bond acceptors (Lipinski definition) is 10. The maximum Gasteiger partial charge on any atom is 0.355 e. The number of amides is 2. The molecule has 3 aromatic heterocycles. The van der Waals surface area contributed by atoms with Crippen molar-refractivity contribution in [3.63, 3.8) is 0 Å². The Hall–Kier alpha value is -3.16. The van der Waals surface area contributed by atoms with Gasteiger partial charge in [0.25, 0.3) is 11.8 Å². The third-order valence-electron chi connectivity index (χ3n) is 4.35. The largest absolute Gasteiger partial charge is 0.476 e. The van der Waals surface area contributed by atoms with E-state index in [1.54, 1.807) is 33.1 Å². The van der Waals surface area contributed by atoms with Gasteiger partial charge in [0, 0.05) is 10.8 Å². The first-order valence-corrected chi connectivity index (χ1v) is 11.3. The molecule has 0 saturated carbocycles. The van der Waals surface area contributed by atoms with Crippen LogP contribution in [0, 0.1) is 6.92 Å². The van der Waals surface area contributed by atoms with Crippen LogP contribution in [0.3, 0.4) is 0 Å². The van der Waals surface area contributed by atoms with Crippen LogP contribution in [0.2, 0.25) is 0 Å². The third kappa shape index (κ3) is 5.18. The number of rotatable bonds is 8. The fourth-order valence-electron chi connectivity index (χ4n) is 2.66. The molecule has 0 radical (unpaired) electrons. The summed E-state index contributed by atoms with van der Waals surface area (Å²) in [4.78, 5) is 48.5. The summed E-state index contributed by atoms with van der Waals surface area (Å²) >= 11 is 2.38. The average Bonchev–Trinajstić information content (AvgIpc) is 3.46. The van der Waals surface area contributed by atoms with Crippen molar-refractivity contribution in [1.29, 1.82) is 0 Å². The highest BCUT2D eigenvalue weighted by Crippen LogP contribution is 2.22. The van der Waals surface area contributed by atoms with E-state index < -0.39 is 35.9 Å². The highest BCUT2D eigenvalue weighted by Gasteiger charge is 2.23. The summed E-state index contributed by atoms with van der Waals surface area (Å²) < 4.78 is 5.41. The number of aromatic carboxylic acids is 1. The maximum absolute atomic E-state index is 12.6. The molecule has 13 heteroatoms. The van der Waals surface area contributed by atoms with Gasteiger partial charge in [-0.1, -0.05) is 0 Å². The molecule has 11 nitrogen and oxygen atoms in total. The molecular formula is C19H22N6O5S2. The molecule has 0 bridgehead atoms. The van der Waals surface area contributed by atoms with E-state index in [1.165, 1.54) is 16.7 Å². The second kappa shape index (κ2) is 9.54. The quantitative estimate of drug-likeness (QED) is 0.379. The van der Waals surface area contributed by atoms with Crippen molar-refractivity contribution in [2.75, 3.05) is 0 Å². The lowest BCUT2D eigenvalue weighted by Gasteiger charge is -2.11. The van der Waals surface area contributed by atoms with Crippen LogP contribution >= 0.6 is 22.7 Å². The SMILES string of the molecule is Cc1oc([C@@H](C)N)nc1C(=O)N[C@@H](C)c1nc(C(=O)N[C@@H](C)c2nc(C(=O)O)cs2)cs1. The van der Waals surface area contributed by atoms with Crippen LogP contribution in [0.4, 0.5) is 0 Å². The predicted molar refractivity (Wildman–Crippen MR) is 117 cm³/mol. The summed E-state index contributed by atoms with van der Waals surface area (Å²) in [6, 6.07) is -1.40. The van der Waals surface area contributed by atoms with Crippen LogP contribution in [0.1, 0.15) is 92.0 Å². The van der Waals surface area contributed by atoms with Gasteiger partial charge in [-0.3, -0.25) is 9.59 Å². The monoisotopic (exact) mass is 478 g/mol. The number of carboxylic acids is 1. The normalized spacial score (nSPS) is 13.9. The van der Waals surface area contributed by atoms with E-state index >= 15 is 0 Å². The van der Waals surface area contributed by atoms with E-state index in [4.69, 9.17) is 15.3 Å². The zero-order chi connectivity index (χ0) is 23.6. The van der Waals surface area contributed by atoms with Crippen LogP contribution in [0.25, 0.3) is 0 Å². The molecule has 32 heavy (non-hydrogen) atoms. The lowest BCUT2D eigenvalue weighted by atomic mass is 10.3. The molecule has 3 aromatic rings. The molecule has 0 fully saturated rings. The number of carboxylic acid groups (broad SMARTS) is 1. The number of aryl methyl sites for hydroxylation is 1. The molecule has 0 aliphatic carbocycles. The van der Waals surface area contributed by atoms with Crippen molar-refractivity contribution < 1.29 is 23.9 Å². The average molecular weight is 479 g/mol. The van der Waals surface area contributed by atoms with Crippen LogP contribution in [-0.2, 0) is 0 Å². The summed E-state index contributed by atoms with van der Waals surface area (Å²) in [6.45, 7) is 6.78.